The highest BCUT2D eigenvalue weighted by Gasteiger charge is 2.25. The molecule has 1 heterocycles. The Balaban J connectivity index is 0.00000116. The van der Waals surface area contributed by atoms with Crippen LogP contribution in [-0.4, -0.2) is 43.0 Å². The highest BCUT2D eigenvalue weighted by atomic mass is 32.2. The minimum Gasteiger partial charge on any atom is -0.478 e. The first kappa shape index (κ1) is 18.1. The van der Waals surface area contributed by atoms with Crippen LogP contribution in [0.1, 0.15) is 23.2 Å². The van der Waals surface area contributed by atoms with Crippen molar-refractivity contribution in [2.45, 2.75) is 17.7 Å². The number of rotatable bonds is 6. The minimum absolute atomic E-state index is 0.0301. The summed E-state index contributed by atoms with van der Waals surface area (Å²) in [6, 6.07) is 4.93. The van der Waals surface area contributed by atoms with Gasteiger partial charge in [-0.2, -0.15) is 0 Å². The molecule has 2 rings (SSSR count). The number of hydrogen-bond donors (Lipinski definition) is 1. The lowest BCUT2D eigenvalue weighted by Crippen LogP contribution is -2.36. The number of unbranched alkanes of at least 4 members (excludes halogenated alkanes) is 1. The average molecular weight is 321 g/mol. The Morgan fingerprint density at radius 3 is 2.77 bits per heavy atom. The van der Waals surface area contributed by atoms with Crippen LogP contribution in [0.5, 0.6) is 0 Å². The Morgan fingerprint density at radius 1 is 1.41 bits per heavy atom. The number of hydrogen-bond acceptors (Lipinski definition) is 4. The molecule has 0 unspecified atom stereocenters. The second-order valence-corrected chi connectivity index (χ2v) is 5.54. The maximum Gasteiger partial charge on any atom is 0.335 e. The summed E-state index contributed by atoms with van der Waals surface area (Å²) in [5.41, 5.74) is 0.921. The maximum absolute atomic E-state index is 12.0. The van der Waals surface area contributed by atoms with Crippen LogP contribution in [-0.2, 0) is 9.53 Å². The zero-order chi connectivity index (χ0) is 16.5. The van der Waals surface area contributed by atoms with Crippen molar-refractivity contribution in [3.05, 3.63) is 23.8 Å². The molecule has 5 nitrogen and oxygen atoms in total. The summed E-state index contributed by atoms with van der Waals surface area (Å²) in [4.78, 5) is 25.7. The summed E-state index contributed by atoms with van der Waals surface area (Å²) in [6.45, 7) is 1.26. The lowest BCUT2D eigenvalue weighted by atomic mass is 10.1. The molecule has 0 aromatic heterocycles. The monoisotopic (exact) mass is 321 g/mol. The second-order valence-electron chi connectivity index (χ2n) is 4.52. The van der Waals surface area contributed by atoms with Crippen molar-refractivity contribution in [2.24, 2.45) is 0 Å². The maximum atomic E-state index is 12.0. The van der Waals surface area contributed by atoms with Crippen molar-refractivity contribution in [2.75, 3.05) is 30.9 Å². The second kappa shape index (κ2) is 9.13. The quantitative estimate of drug-likeness (QED) is 0.644. The van der Waals surface area contributed by atoms with E-state index in [1.54, 1.807) is 30.2 Å². The number of aromatic carboxylic acids is 1. The van der Waals surface area contributed by atoms with Crippen LogP contribution in [0.2, 0.25) is 0 Å². The number of fused-ring (bicyclic) bond motifs is 1. The van der Waals surface area contributed by atoms with E-state index >= 15 is 0 Å². The number of amides is 1. The number of terminal acetylenes is 1. The molecule has 1 aliphatic rings. The van der Waals surface area contributed by atoms with Crippen LogP contribution in [0.25, 0.3) is 0 Å². The fraction of sp³-hybridized carbons (Fsp3) is 0.375. The Hall–Kier alpha value is -1.97. The van der Waals surface area contributed by atoms with E-state index in [0.29, 0.717) is 24.6 Å². The van der Waals surface area contributed by atoms with E-state index in [1.165, 1.54) is 11.8 Å². The van der Waals surface area contributed by atoms with Crippen molar-refractivity contribution in [1.82, 2.24) is 0 Å². The minimum atomic E-state index is -0.977. The first-order valence-electron chi connectivity index (χ1n) is 6.76. The van der Waals surface area contributed by atoms with Crippen molar-refractivity contribution in [1.29, 1.82) is 0 Å². The van der Waals surface area contributed by atoms with Gasteiger partial charge in [-0.25, -0.2) is 4.79 Å². The average Bonchev–Trinajstić information content (AvgIpc) is 2.54. The summed E-state index contributed by atoms with van der Waals surface area (Å²) in [5.74, 6) is -0.540. The summed E-state index contributed by atoms with van der Waals surface area (Å²) in [6.07, 6.45) is 9.71. The molecule has 1 aliphatic heterocycles. The van der Waals surface area contributed by atoms with Gasteiger partial charge in [0.2, 0.25) is 5.91 Å². The fourth-order valence-corrected chi connectivity index (χ4v) is 3.01. The molecule has 0 saturated heterocycles. The van der Waals surface area contributed by atoms with Gasteiger partial charge in [-0.15, -0.1) is 24.6 Å². The molecule has 22 heavy (non-hydrogen) atoms. The molecule has 0 spiro atoms. The molecule has 0 aliphatic carbocycles. The van der Waals surface area contributed by atoms with E-state index in [-0.39, 0.29) is 11.5 Å². The van der Waals surface area contributed by atoms with E-state index in [9.17, 15) is 9.59 Å². The van der Waals surface area contributed by atoms with Gasteiger partial charge in [0.05, 0.1) is 17.0 Å². The number of methoxy groups -OCH3 is 1. The molecule has 1 N–H and O–H groups in total. The summed E-state index contributed by atoms with van der Waals surface area (Å²) < 4.78 is 4.99. The summed E-state index contributed by atoms with van der Waals surface area (Å²) in [5, 5.41) is 9.06. The van der Waals surface area contributed by atoms with Crippen LogP contribution in [0.4, 0.5) is 5.69 Å². The van der Waals surface area contributed by atoms with Crippen LogP contribution >= 0.6 is 11.8 Å². The number of thioether (sulfide) groups is 1. The SMILES string of the molecule is C#C.COCCCCN1C(=O)CSc2ccc(C(=O)O)cc21. The number of anilines is 1. The fourth-order valence-electron chi connectivity index (χ4n) is 2.10. The first-order valence-corrected chi connectivity index (χ1v) is 7.75. The molecular formula is C16H19NO4S. The van der Waals surface area contributed by atoms with Crippen LogP contribution in [0, 0.1) is 12.8 Å². The van der Waals surface area contributed by atoms with Crippen LogP contribution in [0.15, 0.2) is 23.1 Å². The van der Waals surface area contributed by atoms with E-state index in [2.05, 4.69) is 12.8 Å². The Kier molecular flexibility index (Phi) is 7.50. The molecule has 1 aromatic rings. The van der Waals surface area contributed by atoms with E-state index < -0.39 is 5.97 Å². The van der Waals surface area contributed by atoms with Gasteiger partial charge < -0.3 is 14.7 Å². The van der Waals surface area contributed by atoms with E-state index in [1.807, 2.05) is 0 Å². The van der Waals surface area contributed by atoms with Crippen molar-refractivity contribution >= 4 is 29.3 Å². The molecular weight excluding hydrogens is 302 g/mol. The predicted octanol–water partition coefficient (Wildman–Crippen LogP) is 2.50. The van der Waals surface area contributed by atoms with Crippen LogP contribution in [0.3, 0.4) is 0 Å². The van der Waals surface area contributed by atoms with Gasteiger partial charge in [-0.1, -0.05) is 0 Å². The van der Waals surface area contributed by atoms with Gasteiger partial charge >= 0.3 is 5.97 Å². The number of carboxylic acid groups (broad SMARTS) is 1. The highest BCUT2D eigenvalue weighted by Crippen LogP contribution is 2.36. The number of ether oxygens (including phenoxy) is 1. The number of carbonyl (C=O) groups is 2. The van der Waals surface area contributed by atoms with Gasteiger partial charge in [0, 0.05) is 25.2 Å². The largest absolute Gasteiger partial charge is 0.478 e. The number of carbonyl (C=O) groups excluding carboxylic acids is 1. The third kappa shape index (κ3) is 4.52. The topological polar surface area (TPSA) is 66.8 Å². The number of nitrogens with zero attached hydrogens (tertiary/aromatic N) is 1. The smallest absolute Gasteiger partial charge is 0.335 e. The molecule has 118 valence electrons. The zero-order valence-corrected chi connectivity index (χ0v) is 13.3. The predicted molar refractivity (Wildman–Crippen MR) is 87.5 cm³/mol. The zero-order valence-electron chi connectivity index (χ0n) is 12.4. The lowest BCUT2D eigenvalue weighted by Gasteiger charge is -2.29. The molecule has 0 radical (unpaired) electrons. The molecule has 0 bridgehead atoms. The highest BCUT2D eigenvalue weighted by molar-refractivity contribution is 8.00. The van der Waals surface area contributed by atoms with Gasteiger partial charge in [-0.05, 0) is 31.0 Å². The van der Waals surface area contributed by atoms with Gasteiger partial charge in [-0.3, -0.25) is 4.79 Å². The van der Waals surface area contributed by atoms with Crippen LogP contribution < -0.4 is 4.90 Å². The van der Waals surface area contributed by atoms with Crippen molar-refractivity contribution in [3.8, 4) is 12.8 Å². The lowest BCUT2D eigenvalue weighted by molar-refractivity contribution is -0.116. The van der Waals surface area contributed by atoms with Gasteiger partial charge in [0.25, 0.3) is 0 Å². The molecule has 1 amide bonds. The van der Waals surface area contributed by atoms with Crippen molar-refractivity contribution in [3.63, 3.8) is 0 Å². The van der Waals surface area contributed by atoms with E-state index in [0.717, 1.165) is 17.7 Å². The summed E-state index contributed by atoms with van der Waals surface area (Å²) in [7, 11) is 1.65. The third-order valence-corrected chi connectivity index (χ3v) is 4.18. The molecule has 1 aromatic carbocycles. The van der Waals surface area contributed by atoms with Gasteiger partial charge in [0.15, 0.2) is 0 Å². The first-order chi connectivity index (χ1) is 10.6. The Morgan fingerprint density at radius 2 is 2.14 bits per heavy atom. The normalized spacial score (nSPS) is 13.0. The van der Waals surface area contributed by atoms with E-state index in [4.69, 9.17) is 9.84 Å². The Labute approximate surface area is 134 Å². The molecule has 6 heteroatoms. The number of benzene rings is 1. The standard InChI is InChI=1S/C14H17NO4S.C2H2/c1-19-7-3-2-6-15-11-8-10(14(17)18)4-5-12(11)20-9-13(15)16;1-2/h4-5,8H,2-3,6-7,9H2,1H3,(H,17,18);1-2H. The van der Waals surface area contributed by atoms with Crippen molar-refractivity contribution < 1.29 is 19.4 Å². The summed E-state index contributed by atoms with van der Waals surface area (Å²) >= 11 is 1.46. The third-order valence-electron chi connectivity index (χ3n) is 3.13. The molecule has 0 saturated carbocycles. The molecule has 0 atom stereocenters. The van der Waals surface area contributed by atoms with Gasteiger partial charge in [0.1, 0.15) is 0 Å². The number of carboxylic acids is 1. The Bertz CT molecular complexity index is 556. The molecule has 0 fully saturated rings.